The van der Waals surface area contributed by atoms with Gasteiger partial charge in [-0.25, -0.2) is 4.39 Å². The summed E-state index contributed by atoms with van der Waals surface area (Å²) >= 11 is 0. The van der Waals surface area contributed by atoms with Gasteiger partial charge in [0.1, 0.15) is 5.82 Å². The third-order valence-electron chi connectivity index (χ3n) is 3.25. The van der Waals surface area contributed by atoms with Crippen LogP contribution in [0.3, 0.4) is 0 Å². The van der Waals surface area contributed by atoms with Gasteiger partial charge in [-0.05, 0) is 49.3 Å². The van der Waals surface area contributed by atoms with Crippen molar-refractivity contribution in [1.82, 2.24) is 10.6 Å². The van der Waals surface area contributed by atoms with Gasteiger partial charge in [-0.15, -0.1) is 0 Å². The number of benzene rings is 2. The van der Waals surface area contributed by atoms with Crippen molar-refractivity contribution in [1.29, 1.82) is 0 Å². The Morgan fingerprint density at radius 2 is 1.95 bits per heavy atom. The quantitative estimate of drug-likeness (QED) is 0.856. The van der Waals surface area contributed by atoms with E-state index in [1.807, 2.05) is 31.3 Å². The van der Waals surface area contributed by atoms with Crippen LogP contribution < -0.4 is 10.6 Å². The molecule has 0 unspecified atom stereocenters. The van der Waals surface area contributed by atoms with Crippen LogP contribution in [0.1, 0.15) is 21.5 Å². The van der Waals surface area contributed by atoms with Gasteiger partial charge in [0.05, 0.1) is 0 Å². The summed E-state index contributed by atoms with van der Waals surface area (Å²) in [4.78, 5) is 12.3. The molecule has 0 atom stereocenters. The highest BCUT2D eigenvalue weighted by Gasteiger charge is 2.10. The molecule has 2 aromatic rings. The summed E-state index contributed by atoms with van der Waals surface area (Å²) < 4.78 is 13.1. The normalized spacial score (nSPS) is 10.4. The number of amides is 1. The number of hydrogen-bond acceptors (Lipinski definition) is 2. The lowest BCUT2D eigenvalue weighted by Gasteiger charge is -2.10. The molecule has 4 heteroatoms. The maximum atomic E-state index is 13.1. The summed E-state index contributed by atoms with van der Waals surface area (Å²) in [6, 6.07) is 13.8. The summed E-state index contributed by atoms with van der Waals surface area (Å²) in [5.74, 6) is -0.429. The van der Waals surface area contributed by atoms with E-state index in [0.29, 0.717) is 12.1 Å². The molecule has 0 aromatic heterocycles. The molecule has 0 fully saturated rings. The first-order chi connectivity index (χ1) is 10.2. The molecule has 0 saturated heterocycles. The molecular formula is C17H19FN2O. The highest BCUT2D eigenvalue weighted by molar-refractivity contribution is 5.95. The van der Waals surface area contributed by atoms with E-state index in [-0.39, 0.29) is 11.7 Å². The van der Waals surface area contributed by atoms with E-state index in [1.54, 1.807) is 12.1 Å². The molecule has 0 bridgehead atoms. The number of halogens is 1. The van der Waals surface area contributed by atoms with Crippen molar-refractivity contribution in [2.24, 2.45) is 0 Å². The van der Waals surface area contributed by atoms with Crippen LogP contribution in [0.5, 0.6) is 0 Å². The second-order valence-electron chi connectivity index (χ2n) is 4.82. The summed E-state index contributed by atoms with van der Waals surface area (Å²) in [6.07, 6.45) is 0.792. The molecule has 3 nitrogen and oxygen atoms in total. The molecular weight excluding hydrogens is 267 g/mol. The smallest absolute Gasteiger partial charge is 0.251 e. The maximum Gasteiger partial charge on any atom is 0.251 e. The molecule has 0 aliphatic carbocycles. The van der Waals surface area contributed by atoms with Crippen LogP contribution in [0.15, 0.2) is 48.5 Å². The first-order valence-electron chi connectivity index (χ1n) is 6.96. The van der Waals surface area contributed by atoms with Crippen molar-refractivity contribution < 1.29 is 9.18 Å². The predicted octanol–water partition coefficient (Wildman–Crippen LogP) is 2.52. The second kappa shape index (κ2) is 7.55. The van der Waals surface area contributed by atoms with Gasteiger partial charge in [0.2, 0.25) is 0 Å². The minimum absolute atomic E-state index is 0.133. The average Bonchev–Trinajstić information content (AvgIpc) is 2.51. The Kier molecular flexibility index (Phi) is 5.46. The zero-order valence-corrected chi connectivity index (χ0v) is 12.0. The van der Waals surface area contributed by atoms with Crippen LogP contribution in [-0.4, -0.2) is 19.5 Å². The highest BCUT2D eigenvalue weighted by atomic mass is 19.1. The fourth-order valence-corrected chi connectivity index (χ4v) is 2.14. The van der Waals surface area contributed by atoms with Crippen molar-refractivity contribution in [2.75, 3.05) is 13.6 Å². The van der Waals surface area contributed by atoms with Crippen molar-refractivity contribution >= 4 is 5.91 Å². The Bertz CT molecular complexity index is 613. The molecule has 0 spiro atoms. The van der Waals surface area contributed by atoms with E-state index in [0.717, 1.165) is 24.1 Å². The zero-order chi connectivity index (χ0) is 15.1. The molecule has 0 aliphatic heterocycles. The minimum Gasteiger partial charge on any atom is -0.348 e. The third kappa shape index (κ3) is 4.39. The Morgan fingerprint density at radius 1 is 1.14 bits per heavy atom. The van der Waals surface area contributed by atoms with Crippen LogP contribution in [0, 0.1) is 5.82 Å². The molecule has 1 amide bonds. The van der Waals surface area contributed by atoms with E-state index in [4.69, 9.17) is 0 Å². The molecule has 0 saturated carbocycles. The van der Waals surface area contributed by atoms with E-state index in [2.05, 4.69) is 10.6 Å². The van der Waals surface area contributed by atoms with Gasteiger partial charge in [0, 0.05) is 12.1 Å². The Hall–Kier alpha value is -2.20. The topological polar surface area (TPSA) is 41.1 Å². The lowest BCUT2D eigenvalue weighted by Crippen LogP contribution is -2.24. The first-order valence-corrected chi connectivity index (χ1v) is 6.96. The number of carbonyl (C=O) groups excluding carboxylic acids is 1. The number of rotatable bonds is 6. The minimum atomic E-state index is -0.295. The summed E-state index contributed by atoms with van der Waals surface area (Å²) in [7, 11) is 1.88. The van der Waals surface area contributed by atoms with Crippen LogP contribution in [0.2, 0.25) is 0 Å². The SMILES string of the molecule is CNCCc1ccccc1C(=O)NCc1cccc(F)c1. The van der Waals surface area contributed by atoms with E-state index < -0.39 is 0 Å². The lowest BCUT2D eigenvalue weighted by molar-refractivity contribution is 0.0950. The summed E-state index contributed by atoms with van der Waals surface area (Å²) in [6.45, 7) is 1.13. The Labute approximate surface area is 124 Å². The van der Waals surface area contributed by atoms with Crippen LogP contribution in [0.4, 0.5) is 4.39 Å². The number of hydrogen-bond donors (Lipinski definition) is 2. The maximum absolute atomic E-state index is 13.1. The van der Waals surface area contributed by atoms with Gasteiger partial charge < -0.3 is 10.6 Å². The third-order valence-corrected chi connectivity index (χ3v) is 3.25. The first kappa shape index (κ1) is 15.2. The average molecular weight is 286 g/mol. The van der Waals surface area contributed by atoms with Crippen LogP contribution in [-0.2, 0) is 13.0 Å². The van der Waals surface area contributed by atoms with E-state index in [9.17, 15) is 9.18 Å². The summed E-state index contributed by atoms with van der Waals surface area (Å²) in [5.41, 5.74) is 2.42. The number of nitrogens with one attached hydrogen (secondary N) is 2. The Balaban J connectivity index is 2.03. The fourth-order valence-electron chi connectivity index (χ4n) is 2.14. The largest absolute Gasteiger partial charge is 0.348 e. The molecule has 0 aliphatic rings. The van der Waals surface area contributed by atoms with E-state index >= 15 is 0 Å². The van der Waals surface area contributed by atoms with Gasteiger partial charge in [-0.1, -0.05) is 30.3 Å². The molecule has 2 rings (SSSR count). The van der Waals surface area contributed by atoms with E-state index in [1.165, 1.54) is 12.1 Å². The van der Waals surface area contributed by atoms with Crippen molar-refractivity contribution in [3.8, 4) is 0 Å². The molecule has 21 heavy (non-hydrogen) atoms. The van der Waals surface area contributed by atoms with Gasteiger partial charge in [-0.2, -0.15) is 0 Å². The van der Waals surface area contributed by atoms with Gasteiger partial charge in [0.25, 0.3) is 5.91 Å². The zero-order valence-electron chi connectivity index (χ0n) is 12.0. The predicted molar refractivity (Wildman–Crippen MR) is 81.6 cm³/mol. The highest BCUT2D eigenvalue weighted by Crippen LogP contribution is 2.10. The molecule has 0 radical (unpaired) electrons. The van der Waals surface area contributed by atoms with Gasteiger partial charge >= 0.3 is 0 Å². The molecule has 0 heterocycles. The lowest BCUT2D eigenvalue weighted by atomic mass is 10.0. The summed E-state index contributed by atoms with van der Waals surface area (Å²) in [5, 5.41) is 5.91. The van der Waals surface area contributed by atoms with Gasteiger partial charge in [0.15, 0.2) is 0 Å². The number of carbonyl (C=O) groups is 1. The monoisotopic (exact) mass is 286 g/mol. The fraction of sp³-hybridized carbons (Fsp3) is 0.235. The molecule has 2 aromatic carbocycles. The van der Waals surface area contributed by atoms with Crippen molar-refractivity contribution in [3.05, 3.63) is 71.0 Å². The second-order valence-corrected chi connectivity index (χ2v) is 4.82. The standard InChI is InChI=1S/C17H19FN2O/c1-19-10-9-14-6-2-3-8-16(14)17(21)20-12-13-5-4-7-15(18)11-13/h2-8,11,19H,9-10,12H2,1H3,(H,20,21). The van der Waals surface area contributed by atoms with Crippen LogP contribution in [0.25, 0.3) is 0 Å². The van der Waals surface area contributed by atoms with Crippen molar-refractivity contribution in [3.63, 3.8) is 0 Å². The van der Waals surface area contributed by atoms with Crippen LogP contribution >= 0.6 is 0 Å². The number of likely N-dealkylation sites (N-methyl/N-ethyl adjacent to an activating group) is 1. The molecule has 110 valence electrons. The van der Waals surface area contributed by atoms with Gasteiger partial charge in [-0.3, -0.25) is 4.79 Å². The van der Waals surface area contributed by atoms with Crippen molar-refractivity contribution in [2.45, 2.75) is 13.0 Å². The molecule has 2 N–H and O–H groups in total. The Morgan fingerprint density at radius 3 is 2.71 bits per heavy atom.